The SMILES string of the molecule is Cc1nc2nc(C(Cc3cc(F)cc(F)c3)NC(=O)OC(C)(C)C)c(-c3ccc(Cl)c4c(NS(C)(=O)=O)nn(C)c34)cc2s1. The Kier molecular flexibility index (Phi) is 8.29. The Morgan fingerprint density at radius 1 is 1.11 bits per heavy atom. The largest absolute Gasteiger partial charge is 0.444 e. The molecule has 0 aliphatic carbocycles. The first-order chi connectivity index (χ1) is 20.5. The quantitative estimate of drug-likeness (QED) is 0.199. The van der Waals surface area contributed by atoms with Crippen LogP contribution in [0.3, 0.4) is 0 Å². The number of rotatable bonds is 7. The van der Waals surface area contributed by atoms with Crippen molar-refractivity contribution in [2.45, 2.75) is 45.8 Å². The maximum absolute atomic E-state index is 14.3. The van der Waals surface area contributed by atoms with Crippen LogP contribution in [0.4, 0.5) is 19.4 Å². The third-order valence-electron chi connectivity index (χ3n) is 6.41. The number of hydrogen-bond donors (Lipinski definition) is 2. The van der Waals surface area contributed by atoms with Gasteiger partial charge in [-0.05, 0) is 63.9 Å². The predicted octanol–water partition coefficient (Wildman–Crippen LogP) is 6.67. The molecule has 0 aliphatic heterocycles. The standard InChI is InChI=1S/C29H29ClF2N6O4S2/c1-14-33-26-22(43-14)13-19(18-7-8-20(30)23-25(18)38(5)36-27(23)37-44(6,40)41)24(35-26)21(34-28(39)42-29(2,3)4)11-15-9-16(31)12-17(32)10-15/h7-10,12-13,21H,11H2,1-6H3,(H,34,39)(H,36,37). The summed E-state index contributed by atoms with van der Waals surface area (Å²) in [5, 5.41) is 8.57. The molecule has 1 atom stereocenters. The van der Waals surface area contributed by atoms with Crippen molar-refractivity contribution < 1.29 is 26.7 Å². The van der Waals surface area contributed by atoms with E-state index in [0.29, 0.717) is 33.4 Å². The third kappa shape index (κ3) is 6.92. The summed E-state index contributed by atoms with van der Waals surface area (Å²) in [6.45, 7) is 6.98. The van der Waals surface area contributed by atoms with Crippen molar-refractivity contribution in [3.8, 4) is 11.1 Å². The number of alkyl carbamates (subject to hydrolysis) is 1. The smallest absolute Gasteiger partial charge is 0.408 e. The Balaban J connectivity index is 1.77. The van der Waals surface area contributed by atoms with Gasteiger partial charge in [0.05, 0.1) is 43.6 Å². The first-order valence-corrected chi connectivity index (χ1v) is 16.4. The molecule has 2 aromatic carbocycles. The Labute approximate surface area is 261 Å². The van der Waals surface area contributed by atoms with Gasteiger partial charge in [-0.15, -0.1) is 11.3 Å². The van der Waals surface area contributed by atoms with Crippen molar-refractivity contribution in [1.82, 2.24) is 25.1 Å². The predicted molar refractivity (Wildman–Crippen MR) is 168 cm³/mol. The molecule has 3 aromatic heterocycles. The summed E-state index contributed by atoms with van der Waals surface area (Å²) < 4.78 is 62.9. The van der Waals surface area contributed by atoms with Crippen LogP contribution >= 0.6 is 22.9 Å². The van der Waals surface area contributed by atoms with E-state index in [4.69, 9.17) is 21.3 Å². The molecule has 1 unspecified atom stereocenters. The van der Waals surface area contributed by atoms with E-state index in [1.807, 2.05) is 13.0 Å². The van der Waals surface area contributed by atoms with Crippen molar-refractivity contribution in [3.05, 3.63) is 69.3 Å². The summed E-state index contributed by atoms with van der Waals surface area (Å²) in [7, 11) is -2.05. The summed E-state index contributed by atoms with van der Waals surface area (Å²) in [5.74, 6) is -1.50. The van der Waals surface area contributed by atoms with Gasteiger partial charge >= 0.3 is 6.09 Å². The average molecular weight is 663 g/mol. The molecule has 3 heterocycles. The van der Waals surface area contributed by atoms with Gasteiger partial charge in [-0.3, -0.25) is 9.40 Å². The Bertz CT molecular complexity index is 2020. The Hall–Kier alpha value is -3.88. The molecule has 2 N–H and O–H groups in total. The number of hydrogen-bond acceptors (Lipinski definition) is 8. The monoisotopic (exact) mass is 662 g/mol. The highest BCUT2D eigenvalue weighted by Crippen LogP contribution is 2.41. The Morgan fingerprint density at radius 2 is 1.80 bits per heavy atom. The number of benzene rings is 2. The molecular weight excluding hydrogens is 634 g/mol. The first-order valence-electron chi connectivity index (χ1n) is 13.3. The van der Waals surface area contributed by atoms with E-state index in [-0.39, 0.29) is 22.8 Å². The molecule has 0 radical (unpaired) electrons. The van der Waals surface area contributed by atoms with Crippen molar-refractivity contribution in [3.63, 3.8) is 0 Å². The van der Waals surface area contributed by atoms with Gasteiger partial charge in [0.15, 0.2) is 11.5 Å². The lowest BCUT2D eigenvalue weighted by Gasteiger charge is -2.25. The number of ether oxygens (including phenoxy) is 1. The van der Waals surface area contributed by atoms with Gasteiger partial charge in [0, 0.05) is 24.2 Å². The number of aryl methyl sites for hydroxylation is 2. The minimum atomic E-state index is -3.69. The van der Waals surface area contributed by atoms with Gasteiger partial charge in [-0.2, -0.15) is 5.10 Å². The summed E-state index contributed by atoms with van der Waals surface area (Å²) >= 11 is 7.99. The van der Waals surface area contributed by atoms with E-state index >= 15 is 0 Å². The van der Waals surface area contributed by atoms with Crippen molar-refractivity contribution in [2.24, 2.45) is 7.05 Å². The van der Waals surface area contributed by atoms with Crippen LogP contribution in [0.15, 0.2) is 36.4 Å². The molecule has 1 amide bonds. The highest BCUT2D eigenvalue weighted by Gasteiger charge is 2.28. The van der Waals surface area contributed by atoms with Gasteiger partial charge in [0.25, 0.3) is 0 Å². The second kappa shape index (κ2) is 11.6. The summed E-state index contributed by atoms with van der Waals surface area (Å²) in [5.41, 5.74) is 1.79. The molecule has 44 heavy (non-hydrogen) atoms. The lowest BCUT2D eigenvalue weighted by atomic mass is 9.94. The number of fused-ring (bicyclic) bond motifs is 2. The van der Waals surface area contributed by atoms with Crippen LogP contribution in [-0.4, -0.2) is 46.1 Å². The fraction of sp³-hybridized carbons (Fsp3) is 0.310. The number of thiazole rings is 1. The van der Waals surface area contributed by atoms with E-state index in [1.54, 1.807) is 40.0 Å². The van der Waals surface area contributed by atoms with Crippen LogP contribution in [-0.2, 0) is 28.2 Å². The van der Waals surface area contributed by atoms with Crippen LogP contribution < -0.4 is 10.0 Å². The van der Waals surface area contributed by atoms with Crippen molar-refractivity contribution in [2.75, 3.05) is 11.0 Å². The number of anilines is 1. The number of carbonyl (C=O) groups is 1. The third-order valence-corrected chi connectivity index (χ3v) is 8.20. The van der Waals surface area contributed by atoms with E-state index in [2.05, 4.69) is 20.1 Å². The number of nitrogens with one attached hydrogen (secondary N) is 2. The number of aromatic nitrogens is 4. The molecule has 0 saturated carbocycles. The minimum Gasteiger partial charge on any atom is -0.444 e. The molecule has 5 rings (SSSR count). The zero-order chi connectivity index (χ0) is 32.1. The zero-order valence-corrected chi connectivity index (χ0v) is 27.0. The minimum absolute atomic E-state index is 0.0414. The topological polar surface area (TPSA) is 128 Å². The second-order valence-corrected chi connectivity index (χ2v) is 14.7. The van der Waals surface area contributed by atoms with Crippen LogP contribution in [0, 0.1) is 18.6 Å². The van der Waals surface area contributed by atoms with Crippen molar-refractivity contribution >= 4 is 66.1 Å². The van der Waals surface area contributed by atoms with Gasteiger partial charge in [-0.25, -0.2) is 32.0 Å². The summed E-state index contributed by atoms with van der Waals surface area (Å²) in [6.07, 6.45) is 0.198. The molecule has 10 nitrogen and oxygen atoms in total. The highest BCUT2D eigenvalue weighted by molar-refractivity contribution is 7.92. The maximum atomic E-state index is 14.3. The fourth-order valence-corrected chi connectivity index (χ4v) is 6.49. The number of halogens is 3. The molecule has 5 aromatic rings. The molecule has 15 heteroatoms. The first kappa shape index (κ1) is 31.5. The molecule has 0 fully saturated rings. The van der Waals surface area contributed by atoms with E-state index in [1.165, 1.54) is 28.2 Å². The highest BCUT2D eigenvalue weighted by atomic mass is 35.5. The molecule has 232 valence electrons. The zero-order valence-electron chi connectivity index (χ0n) is 24.6. The number of amides is 1. The molecule has 0 bridgehead atoms. The van der Waals surface area contributed by atoms with Crippen LogP contribution in [0.5, 0.6) is 0 Å². The van der Waals surface area contributed by atoms with Gasteiger partial charge in [0.2, 0.25) is 10.0 Å². The van der Waals surface area contributed by atoms with E-state index in [9.17, 15) is 22.0 Å². The molecule has 0 spiro atoms. The Morgan fingerprint density at radius 3 is 2.43 bits per heavy atom. The lowest BCUT2D eigenvalue weighted by molar-refractivity contribution is 0.0502. The number of nitrogens with zero attached hydrogens (tertiary/aromatic N) is 4. The van der Waals surface area contributed by atoms with Gasteiger partial charge < -0.3 is 10.1 Å². The summed E-state index contributed by atoms with van der Waals surface area (Å²) in [4.78, 5) is 22.5. The summed E-state index contributed by atoms with van der Waals surface area (Å²) in [6, 6.07) is 7.40. The molecular formula is C29H29ClF2N6O4S2. The molecule has 0 aliphatic rings. The van der Waals surface area contributed by atoms with Crippen LogP contribution in [0.1, 0.15) is 43.1 Å². The van der Waals surface area contributed by atoms with E-state index in [0.717, 1.165) is 22.0 Å². The fourth-order valence-electron chi connectivity index (χ4n) is 4.94. The number of sulfonamides is 1. The normalized spacial score (nSPS) is 12.9. The van der Waals surface area contributed by atoms with Crippen molar-refractivity contribution in [1.29, 1.82) is 0 Å². The average Bonchev–Trinajstić information content (AvgIpc) is 3.38. The van der Waals surface area contributed by atoms with Crippen LogP contribution in [0.25, 0.3) is 32.4 Å². The lowest BCUT2D eigenvalue weighted by Crippen LogP contribution is -2.36. The van der Waals surface area contributed by atoms with E-state index < -0.39 is 39.4 Å². The second-order valence-electron chi connectivity index (χ2n) is 11.3. The van der Waals surface area contributed by atoms with Gasteiger partial charge in [-0.1, -0.05) is 17.7 Å². The van der Waals surface area contributed by atoms with Gasteiger partial charge in [0.1, 0.15) is 17.2 Å². The molecule has 0 saturated heterocycles. The number of pyridine rings is 1. The maximum Gasteiger partial charge on any atom is 0.408 e. The van der Waals surface area contributed by atoms with Crippen LogP contribution in [0.2, 0.25) is 5.02 Å². The number of carbonyl (C=O) groups excluding carboxylic acids is 1.